The second-order valence-electron chi connectivity index (χ2n) is 8.00. The Morgan fingerprint density at radius 1 is 1.29 bits per heavy atom. The number of carbonyl (C=O) groups excluding carboxylic acids is 2. The van der Waals surface area contributed by atoms with E-state index in [0.29, 0.717) is 13.1 Å². The third-order valence-corrected chi connectivity index (χ3v) is 6.38. The molecule has 35 heavy (non-hydrogen) atoms. The molecule has 1 saturated heterocycles. The van der Waals surface area contributed by atoms with E-state index < -0.39 is 30.2 Å². The van der Waals surface area contributed by atoms with Gasteiger partial charge >= 0.3 is 12.0 Å². The van der Waals surface area contributed by atoms with Crippen LogP contribution in [0.15, 0.2) is 12.1 Å². The summed E-state index contributed by atoms with van der Waals surface area (Å²) in [4.78, 5) is 26.8. The summed E-state index contributed by atoms with van der Waals surface area (Å²) < 4.78 is 42.1. The van der Waals surface area contributed by atoms with Crippen molar-refractivity contribution in [2.75, 3.05) is 38.6 Å². The van der Waals surface area contributed by atoms with Crippen LogP contribution in [0.3, 0.4) is 0 Å². The maximum atomic E-state index is 14.0. The van der Waals surface area contributed by atoms with Gasteiger partial charge in [0, 0.05) is 24.7 Å². The van der Waals surface area contributed by atoms with Gasteiger partial charge in [0.2, 0.25) is 5.88 Å². The lowest BCUT2D eigenvalue weighted by molar-refractivity contribution is 0.0596. The molecule has 2 heterocycles. The number of nitrogens with one attached hydrogen (secondary N) is 2. The van der Waals surface area contributed by atoms with E-state index in [4.69, 9.17) is 21.1 Å². The Morgan fingerprint density at radius 2 is 2.03 bits per heavy atom. The summed E-state index contributed by atoms with van der Waals surface area (Å²) in [5.74, 6) is -2.85. The highest BCUT2D eigenvalue weighted by Gasteiger charge is 2.25. The SMILES string of the molecule is COC(=O)c1c(OCc2c(F)cc(Cl)cc2F)nsc1NC(=O)NCCCCCN1CCC(O)C1. The molecular formula is C22H27ClF2N4O5S. The van der Waals surface area contributed by atoms with E-state index in [9.17, 15) is 23.5 Å². The molecule has 3 rings (SSSR count). The fourth-order valence-electron chi connectivity index (χ4n) is 3.59. The molecule has 0 radical (unpaired) electrons. The smallest absolute Gasteiger partial charge is 0.346 e. The number of carbonyl (C=O) groups is 2. The fourth-order valence-corrected chi connectivity index (χ4v) is 4.50. The van der Waals surface area contributed by atoms with Crippen LogP contribution in [-0.2, 0) is 11.3 Å². The average Bonchev–Trinajstić information content (AvgIpc) is 3.40. The minimum atomic E-state index is -0.902. The Kier molecular flexibility index (Phi) is 10.0. The van der Waals surface area contributed by atoms with Crippen molar-refractivity contribution in [3.05, 3.63) is 39.9 Å². The third kappa shape index (κ3) is 7.72. The number of β-amino-alcohol motifs (C(OH)–C–C–N with tert-alkyl or cyclic N) is 1. The number of amides is 2. The number of ether oxygens (including phenoxy) is 2. The van der Waals surface area contributed by atoms with Crippen LogP contribution in [0.1, 0.15) is 41.6 Å². The molecule has 3 N–H and O–H groups in total. The molecule has 13 heteroatoms. The summed E-state index contributed by atoms with van der Waals surface area (Å²) in [7, 11) is 1.15. The normalized spacial score (nSPS) is 15.7. The van der Waals surface area contributed by atoms with Crippen molar-refractivity contribution in [1.82, 2.24) is 14.6 Å². The molecule has 2 aromatic rings. The summed E-state index contributed by atoms with van der Waals surface area (Å²) in [5.41, 5.74) is -0.540. The van der Waals surface area contributed by atoms with Crippen molar-refractivity contribution < 1.29 is 33.0 Å². The zero-order valence-electron chi connectivity index (χ0n) is 19.1. The minimum Gasteiger partial charge on any atom is -0.471 e. The first-order chi connectivity index (χ1) is 16.8. The number of unbranched alkanes of at least 4 members (excludes halogenated alkanes) is 2. The van der Waals surface area contributed by atoms with Crippen molar-refractivity contribution >= 4 is 40.1 Å². The van der Waals surface area contributed by atoms with Crippen LogP contribution in [0, 0.1) is 11.6 Å². The van der Waals surface area contributed by atoms with Gasteiger partial charge in [-0.3, -0.25) is 5.32 Å². The van der Waals surface area contributed by atoms with E-state index in [0.717, 1.165) is 69.5 Å². The van der Waals surface area contributed by atoms with Gasteiger partial charge in [-0.2, -0.15) is 4.37 Å². The second kappa shape index (κ2) is 13.0. The third-order valence-electron chi connectivity index (χ3n) is 5.42. The number of aliphatic hydroxyl groups excluding tert-OH is 1. The van der Waals surface area contributed by atoms with Gasteiger partial charge in [0.15, 0.2) is 5.56 Å². The summed E-state index contributed by atoms with van der Waals surface area (Å²) in [6, 6.07) is 1.35. The van der Waals surface area contributed by atoms with Crippen LogP contribution >= 0.6 is 23.1 Å². The Labute approximate surface area is 210 Å². The quantitative estimate of drug-likeness (QED) is 0.298. The number of aromatic nitrogens is 1. The number of methoxy groups -OCH3 is 1. The molecule has 192 valence electrons. The van der Waals surface area contributed by atoms with E-state index in [1.165, 1.54) is 0 Å². The lowest BCUT2D eigenvalue weighted by Gasteiger charge is -2.14. The number of anilines is 1. The number of benzene rings is 1. The number of aliphatic hydroxyl groups is 1. The highest BCUT2D eigenvalue weighted by atomic mass is 35.5. The van der Waals surface area contributed by atoms with Crippen LogP contribution in [0.2, 0.25) is 5.02 Å². The van der Waals surface area contributed by atoms with Crippen LogP contribution in [0.4, 0.5) is 18.6 Å². The van der Waals surface area contributed by atoms with Gasteiger partial charge in [-0.15, -0.1) is 0 Å². The Bertz CT molecular complexity index is 1020. The molecule has 1 fully saturated rings. The van der Waals surface area contributed by atoms with Gasteiger partial charge in [0.1, 0.15) is 23.2 Å². The van der Waals surface area contributed by atoms with Crippen molar-refractivity contribution in [2.24, 2.45) is 0 Å². The van der Waals surface area contributed by atoms with E-state index in [1.807, 2.05) is 0 Å². The molecule has 1 aliphatic heterocycles. The monoisotopic (exact) mass is 532 g/mol. The molecule has 0 aliphatic carbocycles. The lowest BCUT2D eigenvalue weighted by Crippen LogP contribution is -2.30. The van der Waals surface area contributed by atoms with Crippen LogP contribution in [0.25, 0.3) is 0 Å². The van der Waals surface area contributed by atoms with Crippen LogP contribution < -0.4 is 15.4 Å². The Balaban J connectivity index is 1.50. The van der Waals surface area contributed by atoms with Gasteiger partial charge < -0.3 is 24.8 Å². The molecule has 1 unspecified atom stereocenters. The van der Waals surface area contributed by atoms with Gasteiger partial charge in [0.05, 0.1) is 18.8 Å². The molecule has 2 amide bonds. The molecule has 9 nitrogen and oxygen atoms in total. The average molecular weight is 533 g/mol. The predicted octanol–water partition coefficient (Wildman–Crippen LogP) is 3.80. The Hall–Kier alpha value is -2.54. The summed E-state index contributed by atoms with van der Waals surface area (Å²) >= 11 is 6.39. The molecule has 1 aliphatic rings. The number of urea groups is 1. The Morgan fingerprint density at radius 3 is 2.69 bits per heavy atom. The highest BCUT2D eigenvalue weighted by molar-refractivity contribution is 7.11. The molecule has 1 aromatic heterocycles. The molecular weight excluding hydrogens is 506 g/mol. The minimum absolute atomic E-state index is 0.0778. The van der Waals surface area contributed by atoms with Gasteiger partial charge in [-0.05, 0) is 49.5 Å². The molecule has 0 saturated carbocycles. The predicted molar refractivity (Wildman–Crippen MR) is 127 cm³/mol. The standard InChI is InChI=1S/C22H27ClF2N4O5S/c1-33-21(31)18-19(34-12-15-16(24)9-13(23)10-17(15)25)28-35-20(18)27-22(32)26-6-3-2-4-7-29-8-5-14(30)11-29/h9-10,14,30H,2-8,11-12H2,1H3,(H2,26,27,32). The van der Waals surface area contributed by atoms with Crippen molar-refractivity contribution in [2.45, 2.75) is 38.4 Å². The molecule has 0 spiro atoms. The van der Waals surface area contributed by atoms with Crippen molar-refractivity contribution in [3.63, 3.8) is 0 Å². The molecule has 1 aromatic carbocycles. The first kappa shape index (κ1) is 27.1. The van der Waals surface area contributed by atoms with Gasteiger partial charge in [0.25, 0.3) is 0 Å². The number of likely N-dealkylation sites (tertiary alicyclic amines) is 1. The van der Waals surface area contributed by atoms with Gasteiger partial charge in [-0.25, -0.2) is 18.4 Å². The maximum Gasteiger partial charge on any atom is 0.346 e. The van der Waals surface area contributed by atoms with E-state index in [-0.39, 0.29) is 33.1 Å². The summed E-state index contributed by atoms with van der Waals surface area (Å²) in [6.45, 7) is 2.42. The van der Waals surface area contributed by atoms with Crippen LogP contribution in [-0.4, -0.2) is 65.8 Å². The number of rotatable bonds is 11. The topological polar surface area (TPSA) is 113 Å². The number of hydrogen-bond donors (Lipinski definition) is 3. The summed E-state index contributed by atoms with van der Waals surface area (Å²) in [5, 5.41) is 14.8. The first-order valence-electron chi connectivity index (χ1n) is 11.1. The van der Waals surface area contributed by atoms with Crippen LogP contribution in [0.5, 0.6) is 5.88 Å². The van der Waals surface area contributed by atoms with Gasteiger partial charge in [-0.1, -0.05) is 18.0 Å². The van der Waals surface area contributed by atoms with E-state index in [1.54, 1.807) is 0 Å². The lowest BCUT2D eigenvalue weighted by atomic mass is 10.2. The fraction of sp³-hybridized carbons (Fsp3) is 0.500. The number of halogens is 3. The van der Waals surface area contributed by atoms with E-state index >= 15 is 0 Å². The molecule has 0 bridgehead atoms. The molecule has 1 atom stereocenters. The summed E-state index contributed by atoms with van der Waals surface area (Å²) in [6.07, 6.45) is 3.23. The van der Waals surface area contributed by atoms with Crippen molar-refractivity contribution in [1.29, 1.82) is 0 Å². The maximum absolute atomic E-state index is 14.0. The van der Waals surface area contributed by atoms with E-state index in [2.05, 4.69) is 19.9 Å². The highest BCUT2D eigenvalue weighted by Crippen LogP contribution is 2.32. The number of esters is 1. The zero-order chi connectivity index (χ0) is 25.4. The number of hydrogen-bond acceptors (Lipinski definition) is 8. The zero-order valence-corrected chi connectivity index (χ0v) is 20.7. The first-order valence-corrected chi connectivity index (χ1v) is 12.2. The largest absolute Gasteiger partial charge is 0.471 e. The van der Waals surface area contributed by atoms with Crippen molar-refractivity contribution in [3.8, 4) is 5.88 Å². The second-order valence-corrected chi connectivity index (χ2v) is 9.21. The number of nitrogens with zero attached hydrogens (tertiary/aromatic N) is 2.